The molecule has 4 nitrogen and oxygen atoms in total. The summed E-state index contributed by atoms with van der Waals surface area (Å²) in [5, 5.41) is 8.81. The lowest BCUT2D eigenvalue weighted by Crippen LogP contribution is -2.18. The van der Waals surface area contributed by atoms with Gasteiger partial charge in [0, 0.05) is 12.8 Å². The first kappa shape index (κ1) is 43.9. The molecule has 46 heavy (non-hydrogen) atoms. The van der Waals surface area contributed by atoms with Crippen LogP contribution in [0, 0.1) is 0 Å². The minimum Gasteiger partial charge on any atom is -0.481 e. The monoisotopic (exact) mass is 643 g/mol. The molecule has 0 aromatic rings. The van der Waals surface area contributed by atoms with Crippen LogP contribution in [0.1, 0.15) is 200 Å². The Labute approximate surface area is 285 Å². The number of carboxylic acids is 1. The molecule has 0 aliphatic heterocycles. The van der Waals surface area contributed by atoms with E-state index in [4.69, 9.17) is 9.84 Å². The molecule has 0 aliphatic carbocycles. The van der Waals surface area contributed by atoms with Crippen molar-refractivity contribution in [3.05, 3.63) is 48.6 Å². The topological polar surface area (TPSA) is 63.6 Å². The number of unbranched alkanes of at least 4 members (excludes halogenated alkanes) is 18. The van der Waals surface area contributed by atoms with Gasteiger partial charge in [-0.15, -0.1) is 0 Å². The van der Waals surface area contributed by atoms with Crippen LogP contribution in [0.25, 0.3) is 0 Å². The summed E-state index contributed by atoms with van der Waals surface area (Å²) in [4.78, 5) is 23.4. The number of aliphatic carboxylic acids is 1. The van der Waals surface area contributed by atoms with Crippen molar-refractivity contribution in [2.24, 2.45) is 0 Å². The first-order chi connectivity index (χ1) is 22.6. The average molecular weight is 643 g/mol. The highest BCUT2D eigenvalue weighted by Crippen LogP contribution is 2.17. The molecular weight excluding hydrogens is 568 g/mol. The molecule has 1 atom stereocenters. The number of hydrogen-bond acceptors (Lipinski definition) is 3. The third-order valence-electron chi connectivity index (χ3n) is 8.57. The van der Waals surface area contributed by atoms with Gasteiger partial charge in [0.25, 0.3) is 0 Å². The van der Waals surface area contributed by atoms with Gasteiger partial charge in [-0.25, -0.2) is 0 Å². The number of carboxylic acid groups (broad SMARTS) is 1. The van der Waals surface area contributed by atoms with Gasteiger partial charge in [-0.1, -0.05) is 172 Å². The minimum atomic E-state index is -0.711. The second-order valence-electron chi connectivity index (χ2n) is 13.1. The summed E-state index contributed by atoms with van der Waals surface area (Å²) in [6, 6.07) is 0. The van der Waals surface area contributed by atoms with Crippen molar-refractivity contribution in [3.63, 3.8) is 0 Å². The SMILES string of the molecule is CC/C=C\C/C=C\C/C=C\C/C=C\CCC(CCCCCCCC(=O)O)OC(=O)CCCCCCCCCCCCCCCCC. The standard InChI is InChI=1S/C42H74O4/c1-3-5-7-9-11-13-15-17-18-20-22-24-26-31-35-39-42(45)46-40(37-33-29-27-30-34-38-41(43)44)36-32-28-25-23-21-19-16-14-12-10-8-6-4-2/h6,8,12,14,19,21,25,28,40H,3-5,7,9-11,13,15-18,20,22-24,26-27,29-39H2,1-2H3,(H,43,44)/b8-6-,14-12-,21-19-,28-25-. The average Bonchev–Trinajstić information content (AvgIpc) is 3.04. The Morgan fingerprint density at radius 2 is 0.913 bits per heavy atom. The summed E-state index contributed by atoms with van der Waals surface area (Å²) in [5.41, 5.74) is 0. The van der Waals surface area contributed by atoms with Crippen LogP contribution in [0.3, 0.4) is 0 Å². The van der Waals surface area contributed by atoms with E-state index >= 15 is 0 Å². The Kier molecular flexibility index (Phi) is 35.7. The molecule has 0 rings (SSSR count). The number of carbonyl (C=O) groups excluding carboxylic acids is 1. The molecule has 0 heterocycles. The van der Waals surface area contributed by atoms with Gasteiger partial charge in [-0.05, 0) is 64.2 Å². The molecule has 0 radical (unpaired) electrons. The lowest BCUT2D eigenvalue weighted by atomic mass is 10.0. The summed E-state index contributed by atoms with van der Waals surface area (Å²) in [7, 11) is 0. The van der Waals surface area contributed by atoms with E-state index in [2.05, 4.69) is 62.5 Å². The fourth-order valence-electron chi connectivity index (χ4n) is 5.71. The molecule has 0 aromatic heterocycles. The Morgan fingerprint density at radius 1 is 0.500 bits per heavy atom. The summed E-state index contributed by atoms with van der Waals surface area (Å²) in [6.07, 6.45) is 49.9. The molecule has 1 N–H and O–H groups in total. The number of hydrogen-bond donors (Lipinski definition) is 1. The van der Waals surface area contributed by atoms with Crippen molar-refractivity contribution in [3.8, 4) is 0 Å². The molecule has 1 unspecified atom stereocenters. The molecule has 0 spiro atoms. The van der Waals surface area contributed by atoms with Crippen LogP contribution >= 0.6 is 0 Å². The number of allylic oxidation sites excluding steroid dienone is 8. The second-order valence-corrected chi connectivity index (χ2v) is 13.1. The third kappa shape index (κ3) is 36.4. The van der Waals surface area contributed by atoms with Crippen molar-refractivity contribution in [1.29, 1.82) is 0 Å². The molecular formula is C42H74O4. The highest BCUT2D eigenvalue weighted by molar-refractivity contribution is 5.69. The van der Waals surface area contributed by atoms with E-state index in [9.17, 15) is 9.59 Å². The lowest BCUT2D eigenvalue weighted by Gasteiger charge is -2.17. The maximum absolute atomic E-state index is 12.6. The van der Waals surface area contributed by atoms with Gasteiger partial charge in [0.15, 0.2) is 0 Å². The molecule has 0 amide bonds. The predicted molar refractivity (Wildman–Crippen MR) is 199 cm³/mol. The molecule has 4 heteroatoms. The van der Waals surface area contributed by atoms with Crippen LogP contribution in [-0.2, 0) is 14.3 Å². The van der Waals surface area contributed by atoms with Gasteiger partial charge >= 0.3 is 11.9 Å². The van der Waals surface area contributed by atoms with Crippen molar-refractivity contribution >= 4 is 11.9 Å². The summed E-state index contributed by atoms with van der Waals surface area (Å²) in [5.74, 6) is -0.747. The second kappa shape index (κ2) is 37.4. The van der Waals surface area contributed by atoms with E-state index in [0.29, 0.717) is 6.42 Å². The Balaban J connectivity index is 4.14. The van der Waals surface area contributed by atoms with E-state index < -0.39 is 5.97 Å². The quantitative estimate of drug-likeness (QED) is 0.0424. The molecule has 0 fully saturated rings. The molecule has 0 saturated heterocycles. The number of esters is 1. The summed E-state index contributed by atoms with van der Waals surface area (Å²) >= 11 is 0. The Bertz CT molecular complexity index is 779. The highest BCUT2D eigenvalue weighted by atomic mass is 16.5. The number of rotatable bonds is 35. The van der Waals surface area contributed by atoms with E-state index in [1.54, 1.807) is 0 Å². The van der Waals surface area contributed by atoms with Crippen molar-refractivity contribution in [2.75, 3.05) is 0 Å². The zero-order chi connectivity index (χ0) is 33.6. The highest BCUT2D eigenvalue weighted by Gasteiger charge is 2.13. The third-order valence-corrected chi connectivity index (χ3v) is 8.57. The van der Waals surface area contributed by atoms with Crippen molar-refractivity contribution in [1.82, 2.24) is 0 Å². The van der Waals surface area contributed by atoms with E-state index in [0.717, 1.165) is 89.9 Å². The molecule has 0 bridgehead atoms. The maximum Gasteiger partial charge on any atom is 0.306 e. The van der Waals surface area contributed by atoms with Crippen molar-refractivity contribution in [2.45, 2.75) is 206 Å². The van der Waals surface area contributed by atoms with Gasteiger partial charge in [-0.2, -0.15) is 0 Å². The van der Waals surface area contributed by atoms with Crippen LogP contribution in [0.2, 0.25) is 0 Å². The van der Waals surface area contributed by atoms with E-state index in [-0.39, 0.29) is 18.5 Å². The van der Waals surface area contributed by atoms with Crippen molar-refractivity contribution < 1.29 is 19.4 Å². The van der Waals surface area contributed by atoms with Crippen LogP contribution in [0.5, 0.6) is 0 Å². The van der Waals surface area contributed by atoms with Crippen LogP contribution < -0.4 is 0 Å². The zero-order valence-electron chi connectivity index (χ0n) is 30.4. The van der Waals surface area contributed by atoms with E-state index in [1.165, 1.54) is 83.5 Å². The number of ether oxygens (including phenoxy) is 1. The minimum absolute atomic E-state index is 0.0186. The maximum atomic E-state index is 12.6. The molecule has 0 saturated carbocycles. The molecule has 0 aliphatic rings. The smallest absolute Gasteiger partial charge is 0.306 e. The summed E-state index contributed by atoms with van der Waals surface area (Å²) < 4.78 is 5.96. The molecule has 266 valence electrons. The predicted octanol–water partition coefficient (Wildman–Crippen LogP) is 13.6. The van der Waals surface area contributed by atoms with E-state index in [1.807, 2.05) is 0 Å². The normalized spacial score (nSPS) is 12.7. The first-order valence-corrected chi connectivity index (χ1v) is 19.6. The zero-order valence-corrected chi connectivity index (χ0v) is 30.4. The van der Waals surface area contributed by atoms with Gasteiger partial charge < -0.3 is 9.84 Å². The van der Waals surface area contributed by atoms with Crippen LogP contribution in [-0.4, -0.2) is 23.1 Å². The van der Waals surface area contributed by atoms with Crippen LogP contribution in [0.4, 0.5) is 0 Å². The van der Waals surface area contributed by atoms with Crippen LogP contribution in [0.15, 0.2) is 48.6 Å². The molecule has 0 aromatic carbocycles. The Hall–Kier alpha value is -2.10. The van der Waals surface area contributed by atoms with Gasteiger partial charge in [0.1, 0.15) is 6.10 Å². The number of carbonyl (C=O) groups is 2. The first-order valence-electron chi connectivity index (χ1n) is 19.6. The fraction of sp³-hybridized carbons (Fsp3) is 0.762. The largest absolute Gasteiger partial charge is 0.481 e. The van der Waals surface area contributed by atoms with Gasteiger partial charge in [0.2, 0.25) is 0 Å². The lowest BCUT2D eigenvalue weighted by molar-refractivity contribution is -0.150. The summed E-state index contributed by atoms with van der Waals surface area (Å²) in [6.45, 7) is 4.43. The fourth-order valence-corrected chi connectivity index (χ4v) is 5.71. The van der Waals surface area contributed by atoms with Gasteiger partial charge in [-0.3, -0.25) is 9.59 Å². The Morgan fingerprint density at radius 3 is 1.39 bits per heavy atom. The van der Waals surface area contributed by atoms with Gasteiger partial charge in [0.05, 0.1) is 0 Å².